The quantitative estimate of drug-likeness (QED) is 0.886. The molecule has 108 valence electrons. The molecule has 0 bridgehead atoms. The van der Waals surface area contributed by atoms with E-state index in [1.807, 2.05) is 6.92 Å². The Labute approximate surface area is 114 Å². The van der Waals surface area contributed by atoms with Gasteiger partial charge in [0, 0.05) is 19.1 Å². The van der Waals surface area contributed by atoms with Crippen LogP contribution in [-0.4, -0.2) is 22.8 Å². The molecular weight excluding hydrogens is 242 g/mol. The molecule has 5 heteroatoms. The topological polar surface area (TPSA) is 74.2 Å². The van der Waals surface area contributed by atoms with Crippen LogP contribution in [0.25, 0.3) is 0 Å². The fourth-order valence-electron chi connectivity index (χ4n) is 2.58. The third-order valence-corrected chi connectivity index (χ3v) is 3.62. The summed E-state index contributed by atoms with van der Waals surface area (Å²) >= 11 is 0. The summed E-state index contributed by atoms with van der Waals surface area (Å²) < 4.78 is 11.1. The molecule has 1 aromatic rings. The van der Waals surface area contributed by atoms with E-state index in [2.05, 4.69) is 24.0 Å². The Morgan fingerprint density at radius 1 is 1.37 bits per heavy atom. The standard InChI is InChI=1S/C14H25N3O2/c1-10(2)8-11(15)9-12-16-13(17-19-12)14(3)6-4-5-7-18-14/h10-11H,4-9,15H2,1-3H3. The van der Waals surface area contributed by atoms with Crippen molar-refractivity contribution >= 4 is 0 Å². The van der Waals surface area contributed by atoms with Crippen molar-refractivity contribution in [1.82, 2.24) is 10.1 Å². The smallest absolute Gasteiger partial charge is 0.228 e. The van der Waals surface area contributed by atoms with Crippen LogP contribution in [0.4, 0.5) is 0 Å². The maximum Gasteiger partial charge on any atom is 0.228 e. The normalized spacial score (nSPS) is 25.7. The molecule has 2 heterocycles. The first kappa shape index (κ1) is 14.5. The first-order valence-corrected chi connectivity index (χ1v) is 7.22. The van der Waals surface area contributed by atoms with Crippen LogP contribution < -0.4 is 5.73 Å². The van der Waals surface area contributed by atoms with Gasteiger partial charge in [-0.25, -0.2) is 0 Å². The minimum atomic E-state index is -0.387. The number of rotatable bonds is 5. The second-order valence-electron chi connectivity index (χ2n) is 6.14. The van der Waals surface area contributed by atoms with E-state index in [1.54, 1.807) is 0 Å². The van der Waals surface area contributed by atoms with Gasteiger partial charge < -0.3 is 15.0 Å². The van der Waals surface area contributed by atoms with Crippen LogP contribution in [0.15, 0.2) is 4.52 Å². The molecule has 0 saturated carbocycles. The maximum absolute atomic E-state index is 6.07. The zero-order chi connectivity index (χ0) is 13.9. The maximum atomic E-state index is 6.07. The molecule has 0 amide bonds. The van der Waals surface area contributed by atoms with Crippen molar-refractivity contribution < 1.29 is 9.26 Å². The van der Waals surface area contributed by atoms with Gasteiger partial charge in [0.25, 0.3) is 0 Å². The molecule has 1 aliphatic rings. The van der Waals surface area contributed by atoms with E-state index < -0.39 is 0 Å². The van der Waals surface area contributed by atoms with Crippen molar-refractivity contribution in [2.45, 2.75) is 64.5 Å². The summed E-state index contributed by atoms with van der Waals surface area (Å²) in [5.74, 6) is 1.87. The molecule has 0 spiro atoms. The molecule has 5 nitrogen and oxygen atoms in total. The predicted octanol–water partition coefficient (Wildman–Crippen LogP) is 2.40. The van der Waals surface area contributed by atoms with Crippen molar-refractivity contribution in [2.75, 3.05) is 6.61 Å². The van der Waals surface area contributed by atoms with Crippen LogP contribution in [0.3, 0.4) is 0 Å². The molecule has 2 atom stereocenters. The molecule has 2 N–H and O–H groups in total. The van der Waals surface area contributed by atoms with E-state index in [1.165, 1.54) is 0 Å². The highest BCUT2D eigenvalue weighted by Crippen LogP contribution is 2.32. The van der Waals surface area contributed by atoms with E-state index in [4.69, 9.17) is 15.0 Å². The average Bonchev–Trinajstić information content (AvgIpc) is 2.78. The predicted molar refractivity (Wildman–Crippen MR) is 72.6 cm³/mol. The van der Waals surface area contributed by atoms with Crippen molar-refractivity contribution in [3.63, 3.8) is 0 Å². The van der Waals surface area contributed by atoms with E-state index in [0.29, 0.717) is 24.1 Å². The summed E-state index contributed by atoms with van der Waals surface area (Å²) in [5, 5.41) is 4.08. The average molecular weight is 267 g/mol. The molecule has 19 heavy (non-hydrogen) atoms. The number of ether oxygens (including phenoxy) is 1. The van der Waals surface area contributed by atoms with Crippen molar-refractivity contribution in [2.24, 2.45) is 11.7 Å². The third-order valence-electron chi connectivity index (χ3n) is 3.62. The molecule has 1 aliphatic heterocycles. The van der Waals surface area contributed by atoms with Gasteiger partial charge in [0.15, 0.2) is 0 Å². The van der Waals surface area contributed by atoms with Gasteiger partial charge in [-0.3, -0.25) is 0 Å². The highest BCUT2D eigenvalue weighted by Gasteiger charge is 2.35. The van der Waals surface area contributed by atoms with Gasteiger partial charge in [-0.15, -0.1) is 0 Å². The molecule has 0 aromatic carbocycles. The molecule has 2 unspecified atom stereocenters. The number of nitrogens with zero attached hydrogens (tertiary/aromatic N) is 2. The molecular formula is C14H25N3O2. The summed E-state index contributed by atoms with van der Waals surface area (Å²) in [6, 6.07) is 0.0772. The number of aromatic nitrogens is 2. The Balaban J connectivity index is 1.98. The first-order valence-electron chi connectivity index (χ1n) is 7.22. The third kappa shape index (κ3) is 3.76. The van der Waals surface area contributed by atoms with Gasteiger partial charge in [-0.1, -0.05) is 19.0 Å². The van der Waals surface area contributed by atoms with E-state index in [0.717, 1.165) is 32.3 Å². The number of hydrogen-bond acceptors (Lipinski definition) is 5. The Hall–Kier alpha value is -0.940. The van der Waals surface area contributed by atoms with E-state index >= 15 is 0 Å². The van der Waals surface area contributed by atoms with Crippen molar-refractivity contribution in [3.05, 3.63) is 11.7 Å². The van der Waals surface area contributed by atoms with Gasteiger partial charge in [0.2, 0.25) is 11.7 Å². The van der Waals surface area contributed by atoms with Crippen LogP contribution in [0, 0.1) is 5.92 Å². The highest BCUT2D eigenvalue weighted by atomic mass is 16.5. The molecule has 0 aliphatic carbocycles. The highest BCUT2D eigenvalue weighted by molar-refractivity contribution is 5.01. The van der Waals surface area contributed by atoms with Crippen LogP contribution in [0.1, 0.15) is 58.2 Å². The second-order valence-corrected chi connectivity index (χ2v) is 6.14. The van der Waals surface area contributed by atoms with Crippen LogP contribution >= 0.6 is 0 Å². The zero-order valence-corrected chi connectivity index (χ0v) is 12.2. The van der Waals surface area contributed by atoms with Crippen molar-refractivity contribution in [3.8, 4) is 0 Å². The molecule has 1 saturated heterocycles. The Bertz CT molecular complexity index is 397. The second kappa shape index (κ2) is 6.01. The Morgan fingerprint density at radius 3 is 2.79 bits per heavy atom. The lowest BCUT2D eigenvalue weighted by Crippen LogP contribution is -2.31. The Morgan fingerprint density at radius 2 is 2.16 bits per heavy atom. The van der Waals surface area contributed by atoms with Gasteiger partial charge in [-0.2, -0.15) is 4.98 Å². The molecule has 1 aromatic heterocycles. The monoisotopic (exact) mass is 267 g/mol. The zero-order valence-electron chi connectivity index (χ0n) is 12.2. The summed E-state index contributed by atoms with van der Waals surface area (Å²) in [6.07, 6.45) is 4.81. The summed E-state index contributed by atoms with van der Waals surface area (Å²) in [6.45, 7) is 7.13. The lowest BCUT2D eigenvalue weighted by molar-refractivity contribution is -0.0770. The van der Waals surface area contributed by atoms with Crippen molar-refractivity contribution in [1.29, 1.82) is 0 Å². The SMILES string of the molecule is CC(C)CC(N)Cc1nc(C2(C)CCCCO2)no1. The van der Waals surface area contributed by atoms with Gasteiger partial charge >= 0.3 is 0 Å². The summed E-state index contributed by atoms with van der Waals surface area (Å²) in [4.78, 5) is 4.47. The van der Waals surface area contributed by atoms with E-state index in [-0.39, 0.29) is 11.6 Å². The Kier molecular flexibility index (Phi) is 4.58. The molecule has 1 fully saturated rings. The fourth-order valence-corrected chi connectivity index (χ4v) is 2.58. The lowest BCUT2D eigenvalue weighted by atomic mass is 9.95. The summed E-state index contributed by atoms with van der Waals surface area (Å²) in [7, 11) is 0. The fraction of sp³-hybridized carbons (Fsp3) is 0.857. The van der Waals surface area contributed by atoms with Gasteiger partial charge in [0.05, 0.1) is 0 Å². The van der Waals surface area contributed by atoms with Crippen LogP contribution in [-0.2, 0) is 16.8 Å². The van der Waals surface area contributed by atoms with Gasteiger partial charge in [0.1, 0.15) is 5.60 Å². The minimum absolute atomic E-state index is 0.0772. The first-order chi connectivity index (χ1) is 8.99. The lowest BCUT2D eigenvalue weighted by Gasteiger charge is -2.30. The number of nitrogens with two attached hydrogens (primary N) is 1. The van der Waals surface area contributed by atoms with Crippen LogP contribution in [0.5, 0.6) is 0 Å². The number of hydrogen-bond donors (Lipinski definition) is 1. The summed E-state index contributed by atoms with van der Waals surface area (Å²) in [5.41, 5.74) is 5.68. The molecule has 2 rings (SSSR count). The van der Waals surface area contributed by atoms with Crippen LogP contribution in [0.2, 0.25) is 0 Å². The largest absolute Gasteiger partial charge is 0.367 e. The van der Waals surface area contributed by atoms with Gasteiger partial charge in [-0.05, 0) is 38.5 Å². The molecule has 0 radical (unpaired) electrons. The minimum Gasteiger partial charge on any atom is -0.367 e. The van der Waals surface area contributed by atoms with E-state index in [9.17, 15) is 0 Å².